The first-order valence-electron chi connectivity index (χ1n) is 10.2. The van der Waals surface area contributed by atoms with Crippen LogP contribution in [0.5, 0.6) is 0 Å². The summed E-state index contributed by atoms with van der Waals surface area (Å²) in [5.74, 6) is -1.14. The van der Waals surface area contributed by atoms with E-state index in [-0.39, 0.29) is 47.2 Å². The molecule has 162 valence electrons. The molecule has 2 aliphatic rings. The van der Waals surface area contributed by atoms with E-state index >= 15 is 0 Å². The quantitative estimate of drug-likeness (QED) is 0.670. The average Bonchev–Trinajstić information content (AvgIpc) is 3.27. The van der Waals surface area contributed by atoms with Gasteiger partial charge in [0.1, 0.15) is 18.2 Å². The molecule has 1 aromatic carbocycles. The van der Waals surface area contributed by atoms with Crippen LogP contribution in [0.15, 0.2) is 23.0 Å². The van der Waals surface area contributed by atoms with Gasteiger partial charge in [-0.2, -0.15) is 9.97 Å². The van der Waals surface area contributed by atoms with Crippen molar-refractivity contribution < 1.29 is 13.6 Å². The molecule has 0 radical (unpaired) electrons. The zero-order chi connectivity index (χ0) is 21.9. The summed E-state index contributed by atoms with van der Waals surface area (Å²) >= 11 is 0. The van der Waals surface area contributed by atoms with Crippen LogP contribution in [-0.4, -0.2) is 50.7 Å². The molecule has 0 aliphatic carbocycles. The molecule has 1 atom stereocenters. The first kappa shape index (κ1) is 19.6. The van der Waals surface area contributed by atoms with E-state index in [1.165, 1.54) is 14.0 Å². The first-order chi connectivity index (χ1) is 14.9. The smallest absolute Gasteiger partial charge is 0.282 e. The van der Waals surface area contributed by atoms with Crippen molar-refractivity contribution in [1.82, 2.24) is 19.1 Å². The molecule has 5 rings (SSSR count). The molecule has 2 N–H and O–H groups in total. The Labute approximate surface area is 175 Å². The Balaban J connectivity index is 1.82. The van der Waals surface area contributed by atoms with Crippen molar-refractivity contribution in [3.8, 4) is 5.69 Å². The van der Waals surface area contributed by atoms with Gasteiger partial charge in [-0.05, 0) is 31.9 Å². The highest BCUT2D eigenvalue weighted by molar-refractivity contribution is 5.96. The lowest BCUT2D eigenvalue weighted by Crippen LogP contribution is -2.44. The lowest BCUT2D eigenvalue weighted by molar-refractivity contribution is -0.118. The molecule has 0 unspecified atom stereocenters. The van der Waals surface area contributed by atoms with Gasteiger partial charge in [0.15, 0.2) is 11.2 Å². The summed E-state index contributed by atoms with van der Waals surface area (Å²) in [7, 11) is 0. The number of likely N-dealkylation sites (N-methyl/N-ethyl adjacent to an activating group) is 1. The van der Waals surface area contributed by atoms with E-state index in [2.05, 4.69) is 9.97 Å². The Kier molecular flexibility index (Phi) is 4.50. The second-order valence-corrected chi connectivity index (χ2v) is 7.80. The molecule has 9 nitrogen and oxygen atoms in total. The van der Waals surface area contributed by atoms with Crippen LogP contribution in [0.3, 0.4) is 0 Å². The van der Waals surface area contributed by atoms with Crippen LogP contribution in [0.25, 0.3) is 16.9 Å². The number of aromatic nitrogens is 4. The van der Waals surface area contributed by atoms with Gasteiger partial charge < -0.3 is 10.6 Å². The van der Waals surface area contributed by atoms with E-state index < -0.39 is 17.2 Å². The second-order valence-electron chi connectivity index (χ2n) is 7.80. The maximum Gasteiger partial charge on any atom is 0.282 e. The summed E-state index contributed by atoms with van der Waals surface area (Å²) in [5.41, 5.74) is 5.51. The van der Waals surface area contributed by atoms with Gasteiger partial charge in [-0.25, -0.2) is 8.78 Å². The minimum atomic E-state index is -0.709. The summed E-state index contributed by atoms with van der Waals surface area (Å²) in [6, 6.07) is 2.93. The fourth-order valence-electron chi connectivity index (χ4n) is 4.33. The second kappa shape index (κ2) is 7.12. The van der Waals surface area contributed by atoms with Gasteiger partial charge >= 0.3 is 0 Å². The van der Waals surface area contributed by atoms with Gasteiger partial charge in [-0.3, -0.25) is 23.6 Å². The third-order valence-electron chi connectivity index (χ3n) is 5.78. The number of carbonyl (C=O) groups excluding carboxylic acids is 1. The number of benzene rings is 1. The fraction of sp³-hybridized carbons (Fsp3) is 0.400. The number of halogens is 2. The maximum absolute atomic E-state index is 14.8. The number of carbonyl (C=O) groups is 1. The number of rotatable bonds is 3. The minimum absolute atomic E-state index is 0.00634. The number of anilines is 2. The molecule has 1 fully saturated rings. The fourth-order valence-corrected chi connectivity index (χ4v) is 4.33. The monoisotopic (exact) mass is 429 g/mol. The number of amides is 1. The predicted molar refractivity (Wildman–Crippen MR) is 110 cm³/mol. The van der Waals surface area contributed by atoms with Crippen molar-refractivity contribution in [1.29, 1.82) is 0 Å². The summed E-state index contributed by atoms with van der Waals surface area (Å²) in [5, 5.41) is 0. The Morgan fingerprint density at radius 3 is 2.71 bits per heavy atom. The van der Waals surface area contributed by atoms with E-state index in [0.29, 0.717) is 19.6 Å². The number of piperidine rings is 1. The van der Waals surface area contributed by atoms with Crippen molar-refractivity contribution in [3.05, 3.63) is 40.2 Å². The Morgan fingerprint density at radius 2 is 1.97 bits per heavy atom. The largest absolute Gasteiger partial charge is 0.340 e. The van der Waals surface area contributed by atoms with E-state index in [1.807, 2.05) is 4.90 Å². The predicted octanol–water partition coefficient (Wildman–Crippen LogP) is 1.15. The number of hydrogen-bond acceptors (Lipinski definition) is 6. The van der Waals surface area contributed by atoms with E-state index in [0.717, 1.165) is 31.0 Å². The van der Waals surface area contributed by atoms with Gasteiger partial charge in [0.25, 0.3) is 5.56 Å². The molecule has 31 heavy (non-hydrogen) atoms. The topological polar surface area (TPSA) is 102 Å². The van der Waals surface area contributed by atoms with Crippen molar-refractivity contribution >= 4 is 29.0 Å². The highest BCUT2D eigenvalue weighted by Gasteiger charge is 2.33. The molecule has 2 aromatic heterocycles. The molecular formula is C20H21F2N7O2. The third kappa shape index (κ3) is 2.99. The molecule has 1 saturated heterocycles. The minimum Gasteiger partial charge on any atom is -0.340 e. The molecule has 4 heterocycles. The zero-order valence-corrected chi connectivity index (χ0v) is 16.9. The zero-order valence-electron chi connectivity index (χ0n) is 16.9. The summed E-state index contributed by atoms with van der Waals surface area (Å²) in [6.07, 6.45) is 1.64. The number of fused-ring (bicyclic) bond motifs is 2. The van der Waals surface area contributed by atoms with Crippen molar-refractivity contribution in [2.24, 2.45) is 5.73 Å². The van der Waals surface area contributed by atoms with Gasteiger partial charge in [-0.15, -0.1) is 0 Å². The molecule has 3 aromatic rings. The number of nitrogens with two attached hydrogens (primary N) is 1. The van der Waals surface area contributed by atoms with E-state index in [9.17, 15) is 18.4 Å². The molecule has 11 heteroatoms. The third-order valence-corrected chi connectivity index (χ3v) is 5.78. The van der Waals surface area contributed by atoms with Crippen LogP contribution >= 0.6 is 0 Å². The van der Waals surface area contributed by atoms with Crippen molar-refractivity contribution in [2.45, 2.75) is 32.4 Å². The van der Waals surface area contributed by atoms with Gasteiger partial charge in [-0.1, -0.05) is 0 Å². The molecule has 0 saturated carbocycles. The highest BCUT2D eigenvalue weighted by Crippen LogP contribution is 2.30. The van der Waals surface area contributed by atoms with Crippen molar-refractivity contribution in [2.75, 3.05) is 29.4 Å². The molecular weight excluding hydrogens is 408 g/mol. The average molecular weight is 429 g/mol. The lowest BCUT2D eigenvalue weighted by atomic mass is 10.1. The van der Waals surface area contributed by atoms with Gasteiger partial charge in [0, 0.05) is 31.7 Å². The van der Waals surface area contributed by atoms with Crippen LogP contribution in [0.2, 0.25) is 0 Å². The van der Waals surface area contributed by atoms with Crippen LogP contribution < -0.4 is 21.1 Å². The highest BCUT2D eigenvalue weighted by atomic mass is 19.1. The van der Waals surface area contributed by atoms with Crippen LogP contribution in [-0.2, 0) is 11.3 Å². The molecule has 1 amide bonds. The molecule has 0 bridgehead atoms. The van der Waals surface area contributed by atoms with Gasteiger partial charge in [0.2, 0.25) is 17.8 Å². The summed E-state index contributed by atoms with van der Waals surface area (Å²) < 4.78 is 31.4. The Bertz CT molecular complexity index is 1270. The molecule has 2 aliphatic heterocycles. The number of hydrogen-bond donors (Lipinski definition) is 1. The Hall–Kier alpha value is -3.34. The van der Waals surface area contributed by atoms with E-state index in [1.54, 1.807) is 6.92 Å². The van der Waals surface area contributed by atoms with Crippen LogP contribution in [0.1, 0.15) is 19.8 Å². The van der Waals surface area contributed by atoms with Crippen molar-refractivity contribution in [3.63, 3.8) is 0 Å². The molecule has 0 spiro atoms. The normalized spacial score (nSPS) is 18.8. The van der Waals surface area contributed by atoms with Crippen LogP contribution in [0.4, 0.5) is 20.7 Å². The summed E-state index contributed by atoms with van der Waals surface area (Å²) in [6.45, 7) is 3.04. The van der Waals surface area contributed by atoms with Gasteiger partial charge in [0.05, 0.1) is 5.69 Å². The first-order valence-corrected chi connectivity index (χ1v) is 10.2. The Morgan fingerprint density at radius 1 is 1.19 bits per heavy atom. The lowest BCUT2D eigenvalue weighted by Gasteiger charge is -2.31. The number of nitrogens with zero attached hydrogens (tertiary/aromatic N) is 6. The van der Waals surface area contributed by atoms with Crippen LogP contribution in [0, 0.1) is 11.6 Å². The SMILES string of the molecule is CCN1C(=O)Cn2c1nc1nc(N3CCC[C@@H](N)C3)n(-c3cc(F)ccc3F)c1c2=O. The standard InChI is InChI=1S/C20H21F2N7O2/c1-2-27-15(30)10-28-18(31)16-17(25-20(27)28)24-19(26-7-3-4-12(23)9-26)29(16)14-8-11(21)5-6-13(14)22/h5-6,8,12H,2-4,7,9-10,23H2,1H3/t12-/m1/s1. The number of imidazole rings is 1. The van der Waals surface area contributed by atoms with E-state index in [4.69, 9.17) is 5.73 Å². The maximum atomic E-state index is 14.8. The summed E-state index contributed by atoms with van der Waals surface area (Å²) in [4.78, 5) is 37.9.